The average Bonchev–Trinajstić information content (AvgIpc) is 3.48. The summed E-state index contributed by atoms with van der Waals surface area (Å²) in [6.07, 6.45) is 4.88. The van der Waals surface area contributed by atoms with Gasteiger partial charge in [-0.15, -0.1) is 0 Å². The fourth-order valence-corrected chi connectivity index (χ4v) is 10.9. The van der Waals surface area contributed by atoms with Crippen LogP contribution in [0, 0.1) is 6.92 Å². The molecule has 8 aromatic rings. The lowest BCUT2D eigenvalue weighted by atomic mass is 9.57. The van der Waals surface area contributed by atoms with Gasteiger partial charge in [-0.05, 0) is 129 Å². The zero-order chi connectivity index (χ0) is 39.0. The topological polar surface area (TPSA) is 15.3 Å². The van der Waals surface area contributed by atoms with Gasteiger partial charge in [-0.2, -0.15) is 0 Å². The van der Waals surface area contributed by atoms with Crippen molar-refractivity contribution in [3.8, 4) is 44.5 Å². The highest BCUT2D eigenvalue weighted by molar-refractivity contribution is 6.73. The highest BCUT2D eigenvalue weighted by Gasteiger charge is 2.59. The summed E-state index contributed by atoms with van der Waals surface area (Å²) in [4.78, 5) is 2.84. The summed E-state index contributed by atoms with van der Waals surface area (Å²) in [5, 5.41) is 6.46. The van der Waals surface area contributed by atoms with Crippen molar-refractivity contribution in [1.29, 1.82) is 0 Å². The summed E-state index contributed by atoms with van der Waals surface area (Å²) in [6.45, 7) is 7.42. The minimum absolute atomic E-state index is 0.0264. The van der Waals surface area contributed by atoms with Crippen LogP contribution in [0.1, 0.15) is 50.7 Å². The van der Waals surface area contributed by atoms with Crippen molar-refractivity contribution >= 4 is 51.7 Å². The lowest BCUT2D eigenvalue weighted by Gasteiger charge is -2.51. The first-order valence-corrected chi connectivity index (χ1v) is 21.1. The van der Waals surface area contributed by atoms with E-state index in [4.69, 9.17) is 0 Å². The van der Waals surface area contributed by atoms with Gasteiger partial charge in [0, 0.05) is 33.7 Å². The Bertz CT molecular complexity index is 2880. The Balaban J connectivity index is 1.17. The first-order chi connectivity index (χ1) is 28.4. The molecule has 1 fully saturated rings. The van der Waals surface area contributed by atoms with Gasteiger partial charge in [-0.25, -0.2) is 0 Å². The summed E-state index contributed by atoms with van der Waals surface area (Å²) in [7, 11) is 0.874. The lowest BCUT2D eigenvalue weighted by Crippen LogP contribution is -2.57. The Labute approximate surface area is 343 Å². The first kappa shape index (κ1) is 34.9. The Morgan fingerprint density at radius 2 is 1.24 bits per heavy atom. The van der Waals surface area contributed by atoms with Gasteiger partial charge in [0.15, 0.2) is 7.28 Å². The van der Waals surface area contributed by atoms with Crippen LogP contribution in [-0.2, 0) is 5.41 Å². The van der Waals surface area contributed by atoms with Crippen molar-refractivity contribution in [3.05, 3.63) is 181 Å². The zero-order valence-corrected chi connectivity index (χ0v) is 33.6. The molecule has 11 rings (SSSR count). The minimum atomic E-state index is -0.0607. The van der Waals surface area contributed by atoms with Gasteiger partial charge in [0.2, 0.25) is 0 Å². The van der Waals surface area contributed by atoms with Crippen LogP contribution in [0.3, 0.4) is 0 Å². The molecule has 2 aliphatic heterocycles. The van der Waals surface area contributed by atoms with Gasteiger partial charge < -0.3 is 10.2 Å². The molecular formula is C55H47BN2. The van der Waals surface area contributed by atoms with E-state index in [-0.39, 0.29) is 11.0 Å². The summed E-state index contributed by atoms with van der Waals surface area (Å²) < 4.78 is 0. The predicted molar refractivity (Wildman–Crippen MR) is 249 cm³/mol. The third kappa shape index (κ3) is 5.33. The molecule has 0 amide bonds. The number of anilines is 4. The number of fused-ring (bicyclic) bond motifs is 6. The van der Waals surface area contributed by atoms with E-state index < -0.39 is 0 Å². The van der Waals surface area contributed by atoms with E-state index in [0.717, 1.165) is 18.7 Å². The maximum Gasteiger partial charge on any atom is 0.198 e. The van der Waals surface area contributed by atoms with E-state index in [1.165, 1.54) is 114 Å². The summed E-state index contributed by atoms with van der Waals surface area (Å²) in [5.41, 5.74) is 20.9. The molecule has 3 heteroatoms. The Morgan fingerprint density at radius 3 is 2.02 bits per heavy atom. The monoisotopic (exact) mass is 746 g/mol. The van der Waals surface area contributed by atoms with Crippen molar-refractivity contribution in [3.63, 3.8) is 0 Å². The molecule has 1 saturated carbocycles. The molecule has 2 heterocycles. The molecule has 2 nitrogen and oxygen atoms in total. The zero-order valence-electron chi connectivity index (χ0n) is 33.6. The van der Waals surface area contributed by atoms with Crippen LogP contribution in [-0.4, -0.2) is 12.8 Å². The number of aryl methyl sites for hydroxylation is 1. The molecule has 0 aromatic heterocycles. The number of nitrogens with zero attached hydrogens (tertiary/aromatic N) is 1. The molecule has 3 aliphatic rings. The second kappa shape index (κ2) is 13.4. The third-order valence-corrected chi connectivity index (χ3v) is 14.1. The molecular weight excluding hydrogens is 699 g/mol. The normalized spacial score (nSPS) is 18.9. The third-order valence-electron chi connectivity index (χ3n) is 14.1. The number of benzene rings is 8. The lowest BCUT2D eigenvalue weighted by molar-refractivity contribution is 0.195. The Morgan fingerprint density at radius 1 is 0.569 bits per heavy atom. The van der Waals surface area contributed by atoms with Crippen LogP contribution in [0.4, 0.5) is 22.7 Å². The fraction of sp³-hybridized carbons (Fsp3) is 0.164. The van der Waals surface area contributed by atoms with E-state index >= 15 is 0 Å². The van der Waals surface area contributed by atoms with Crippen molar-refractivity contribution < 1.29 is 0 Å². The predicted octanol–water partition coefficient (Wildman–Crippen LogP) is 13.0. The molecule has 0 bridgehead atoms. The highest BCUT2D eigenvalue weighted by atomic mass is 15.3. The Kier molecular flexibility index (Phi) is 8.05. The van der Waals surface area contributed by atoms with Crippen LogP contribution in [0.5, 0.6) is 0 Å². The largest absolute Gasteiger partial charge is 0.355 e. The summed E-state index contributed by atoms with van der Waals surface area (Å²) in [5.74, 6) is 0. The number of rotatable bonds is 6. The maximum absolute atomic E-state index is 3.95. The van der Waals surface area contributed by atoms with Crippen LogP contribution in [0.25, 0.3) is 55.3 Å². The van der Waals surface area contributed by atoms with Crippen LogP contribution in [0.15, 0.2) is 170 Å². The average molecular weight is 747 g/mol. The Hall–Kier alpha value is -6.32. The SMILES string of the molecule is Cc1ccccc1-c1cc(-c2c(Nc3ccc(-c4ccccc4)cc3)ccc3ccccc23)c2c(c1)N1c3c(cc(-c4ccccc4)cc3C3(C)CCCCC13C)B2. The smallest absolute Gasteiger partial charge is 0.198 e. The first-order valence-electron chi connectivity index (χ1n) is 21.1. The second-order valence-corrected chi connectivity index (χ2v) is 17.3. The van der Waals surface area contributed by atoms with Gasteiger partial charge in [0.25, 0.3) is 0 Å². The van der Waals surface area contributed by atoms with Gasteiger partial charge in [-0.3, -0.25) is 0 Å². The quantitative estimate of drug-likeness (QED) is 0.171. The van der Waals surface area contributed by atoms with Gasteiger partial charge in [0.05, 0.1) is 5.54 Å². The standard InChI is InChI=1S/C55H47BN2/c1-36-16-10-12-22-44(36)42-32-46(51-45-23-13-11-21-40(45)26-29-49(51)57-43-27-24-39(25-28-43)37-17-6-4-7-18-37)52-50(35-42)58-53-47(54(2)30-14-15-31-55(54,58)3)33-41(34-48(53)56-52)38-19-8-5-9-20-38/h4-13,16-29,32-35,56-57H,14-15,30-31H2,1-3H3. The highest BCUT2D eigenvalue weighted by Crippen LogP contribution is 2.61. The number of hydrogen-bond acceptors (Lipinski definition) is 2. The molecule has 0 saturated heterocycles. The summed E-state index contributed by atoms with van der Waals surface area (Å²) >= 11 is 0. The molecule has 2 unspecified atom stereocenters. The molecule has 0 radical (unpaired) electrons. The van der Waals surface area contributed by atoms with E-state index in [1.807, 2.05) is 0 Å². The van der Waals surface area contributed by atoms with Crippen LogP contribution in [0.2, 0.25) is 0 Å². The molecule has 1 aliphatic carbocycles. The summed E-state index contributed by atoms with van der Waals surface area (Å²) in [6, 6.07) is 63.2. The van der Waals surface area contributed by atoms with E-state index in [2.05, 4.69) is 201 Å². The molecule has 280 valence electrons. The number of nitrogens with one attached hydrogen (secondary N) is 1. The van der Waals surface area contributed by atoms with Gasteiger partial charge >= 0.3 is 0 Å². The van der Waals surface area contributed by atoms with Crippen molar-refractivity contribution in [1.82, 2.24) is 0 Å². The van der Waals surface area contributed by atoms with Gasteiger partial charge in [0.1, 0.15) is 0 Å². The van der Waals surface area contributed by atoms with Crippen molar-refractivity contribution in [2.45, 2.75) is 57.4 Å². The minimum Gasteiger partial charge on any atom is -0.355 e. The fourth-order valence-electron chi connectivity index (χ4n) is 10.9. The molecule has 0 spiro atoms. The van der Waals surface area contributed by atoms with E-state index in [0.29, 0.717) is 0 Å². The maximum atomic E-state index is 3.95. The second-order valence-electron chi connectivity index (χ2n) is 17.3. The van der Waals surface area contributed by atoms with Gasteiger partial charge in [-0.1, -0.05) is 159 Å². The molecule has 2 atom stereocenters. The van der Waals surface area contributed by atoms with E-state index in [9.17, 15) is 0 Å². The molecule has 8 aromatic carbocycles. The van der Waals surface area contributed by atoms with Crippen LogP contribution < -0.4 is 21.1 Å². The van der Waals surface area contributed by atoms with E-state index in [1.54, 1.807) is 0 Å². The molecule has 58 heavy (non-hydrogen) atoms. The molecule has 1 N–H and O–H groups in total. The van der Waals surface area contributed by atoms with Crippen LogP contribution >= 0.6 is 0 Å². The van der Waals surface area contributed by atoms with Crippen molar-refractivity contribution in [2.75, 3.05) is 10.2 Å². The number of hydrogen-bond donors (Lipinski definition) is 1. The van der Waals surface area contributed by atoms with Crippen molar-refractivity contribution in [2.24, 2.45) is 0 Å².